The molecule has 1 aromatic carbocycles. The summed E-state index contributed by atoms with van der Waals surface area (Å²) in [5.74, 6) is 1.51. The van der Waals surface area contributed by atoms with E-state index in [-0.39, 0.29) is 6.04 Å². The molecule has 0 aliphatic heterocycles. The molecule has 1 aromatic heterocycles. The molecular formula is C14H18N2O2S. The molecule has 0 saturated heterocycles. The highest BCUT2D eigenvalue weighted by Crippen LogP contribution is 2.29. The highest BCUT2D eigenvalue weighted by molar-refractivity contribution is 7.09. The van der Waals surface area contributed by atoms with Crippen LogP contribution in [0.25, 0.3) is 0 Å². The van der Waals surface area contributed by atoms with Crippen LogP contribution in [0.2, 0.25) is 0 Å². The first-order chi connectivity index (χ1) is 9.24. The van der Waals surface area contributed by atoms with Crippen molar-refractivity contribution in [2.45, 2.75) is 19.5 Å². The molecule has 2 rings (SSSR count). The van der Waals surface area contributed by atoms with Gasteiger partial charge < -0.3 is 14.8 Å². The van der Waals surface area contributed by atoms with Crippen molar-refractivity contribution in [3.63, 3.8) is 0 Å². The number of rotatable bonds is 6. The number of methoxy groups -OCH3 is 2. The zero-order chi connectivity index (χ0) is 13.7. The fourth-order valence-electron chi connectivity index (χ4n) is 1.82. The van der Waals surface area contributed by atoms with Gasteiger partial charge in [0.15, 0.2) is 11.5 Å². The summed E-state index contributed by atoms with van der Waals surface area (Å²) in [6.45, 7) is 2.95. The number of aromatic nitrogens is 1. The molecule has 102 valence electrons. The zero-order valence-electron chi connectivity index (χ0n) is 11.3. The van der Waals surface area contributed by atoms with Gasteiger partial charge in [0.2, 0.25) is 0 Å². The minimum absolute atomic E-state index is 0.238. The average Bonchev–Trinajstić information content (AvgIpc) is 2.97. The Balaban J connectivity index is 2.04. The molecule has 4 nitrogen and oxygen atoms in total. The number of nitrogens with zero attached hydrogens (tertiary/aromatic N) is 1. The molecule has 0 bridgehead atoms. The molecular weight excluding hydrogens is 260 g/mol. The predicted molar refractivity (Wildman–Crippen MR) is 76.9 cm³/mol. The second-order valence-corrected chi connectivity index (χ2v) is 5.16. The Bertz CT molecular complexity index is 514. The highest BCUT2D eigenvalue weighted by Gasteiger charge is 2.10. The Morgan fingerprint density at radius 1 is 1.26 bits per heavy atom. The van der Waals surface area contributed by atoms with E-state index < -0.39 is 0 Å². The van der Waals surface area contributed by atoms with Crippen LogP contribution in [0, 0.1) is 0 Å². The molecule has 1 N–H and O–H groups in total. The Hall–Kier alpha value is -1.59. The largest absolute Gasteiger partial charge is 0.493 e. The van der Waals surface area contributed by atoms with Crippen LogP contribution in [0.3, 0.4) is 0 Å². The first kappa shape index (κ1) is 13.8. The van der Waals surface area contributed by atoms with Crippen LogP contribution in [0.5, 0.6) is 11.5 Å². The fourth-order valence-corrected chi connectivity index (χ4v) is 2.37. The van der Waals surface area contributed by atoms with E-state index in [4.69, 9.17) is 9.47 Å². The lowest BCUT2D eigenvalue weighted by Gasteiger charge is -2.16. The molecule has 5 heteroatoms. The van der Waals surface area contributed by atoms with Gasteiger partial charge in [0.1, 0.15) is 0 Å². The van der Waals surface area contributed by atoms with Gasteiger partial charge in [-0.1, -0.05) is 6.07 Å². The molecule has 0 aliphatic rings. The quantitative estimate of drug-likeness (QED) is 0.882. The SMILES string of the molecule is COc1ccc(C(C)NCc2cncs2)cc1OC. The zero-order valence-corrected chi connectivity index (χ0v) is 12.2. The van der Waals surface area contributed by atoms with Crippen LogP contribution >= 0.6 is 11.3 Å². The second kappa shape index (κ2) is 6.54. The third-order valence-electron chi connectivity index (χ3n) is 2.97. The molecule has 0 fully saturated rings. The van der Waals surface area contributed by atoms with Crippen molar-refractivity contribution in [2.75, 3.05) is 14.2 Å². The topological polar surface area (TPSA) is 43.4 Å². The summed E-state index contributed by atoms with van der Waals surface area (Å²) in [5, 5.41) is 3.46. The third kappa shape index (κ3) is 3.45. The van der Waals surface area contributed by atoms with Crippen molar-refractivity contribution in [3.8, 4) is 11.5 Å². The van der Waals surface area contributed by atoms with Gasteiger partial charge in [-0.15, -0.1) is 11.3 Å². The van der Waals surface area contributed by atoms with Crippen LogP contribution in [-0.2, 0) is 6.54 Å². The lowest BCUT2D eigenvalue weighted by Crippen LogP contribution is -2.17. The number of ether oxygens (including phenoxy) is 2. The van der Waals surface area contributed by atoms with Gasteiger partial charge in [-0.3, -0.25) is 4.98 Å². The Labute approximate surface area is 117 Å². The lowest BCUT2D eigenvalue weighted by molar-refractivity contribution is 0.354. The fraction of sp³-hybridized carbons (Fsp3) is 0.357. The van der Waals surface area contributed by atoms with Crippen LogP contribution in [0.4, 0.5) is 0 Å². The number of benzene rings is 1. The maximum atomic E-state index is 5.32. The molecule has 0 spiro atoms. The monoisotopic (exact) mass is 278 g/mol. The number of hydrogen-bond acceptors (Lipinski definition) is 5. The lowest BCUT2D eigenvalue weighted by atomic mass is 10.1. The van der Waals surface area contributed by atoms with Gasteiger partial charge in [0.05, 0.1) is 19.7 Å². The van der Waals surface area contributed by atoms with E-state index in [1.807, 2.05) is 29.9 Å². The minimum Gasteiger partial charge on any atom is -0.493 e. The van der Waals surface area contributed by atoms with E-state index in [0.717, 1.165) is 18.0 Å². The summed E-state index contributed by atoms with van der Waals surface area (Å²) in [4.78, 5) is 5.29. The molecule has 0 aliphatic carbocycles. The maximum absolute atomic E-state index is 5.32. The summed E-state index contributed by atoms with van der Waals surface area (Å²) in [6.07, 6.45) is 1.89. The minimum atomic E-state index is 0.238. The first-order valence-corrected chi connectivity index (χ1v) is 6.95. The Morgan fingerprint density at radius 2 is 2.05 bits per heavy atom. The summed E-state index contributed by atoms with van der Waals surface area (Å²) < 4.78 is 10.6. The summed E-state index contributed by atoms with van der Waals surface area (Å²) in [5.41, 5.74) is 3.01. The predicted octanol–water partition coefficient (Wildman–Crippen LogP) is 3.01. The van der Waals surface area contributed by atoms with Crippen molar-refractivity contribution in [1.29, 1.82) is 0 Å². The molecule has 0 amide bonds. The van der Waals surface area contributed by atoms with Crippen LogP contribution in [0.15, 0.2) is 29.9 Å². The van der Waals surface area contributed by atoms with Crippen molar-refractivity contribution in [2.24, 2.45) is 0 Å². The normalized spacial score (nSPS) is 12.2. The van der Waals surface area contributed by atoms with Crippen molar-refractivity contribution in [1.82, 2.24) is 10.3 Å². The average molecular weight is 278 g/mol. The molecule has 2 aromatic rings. The summed E-state index contributed by atoms with van der Waals surface area (Å²) >= 11 is 1.66. The highest BCUT2D eigenvalue weighted by atomic mass is 32.1. The summed E-state index contributed by atoms with van der Waals surface area (Å²) in [6, 6.07) is 6.22. The van der Waals surface area contributed by atoms with E-state index in [2.05, 4.69) is 17.2 Å². The van der Waals surface area contributed by atoms with Gasteiger partial charge in [-0.05, 0) is 24.6 Å². The van der Waals surface area contributed by atoms with Gasteiger partial charge in [0.25, 0.3) is 0 Å². The maximum Gasteiger partial charge on any atom is 0.161 e. The smallest absolute Gasteiger partial charge is 0.161 e. The number of thiazole rings is 1. The van der Waals surface area contributed by atoms with Gasteiger partial charge in [0, 0.05) is 23.7 Å². The standard InChI is InChI=1S/C14H18N2O2S/c1-10(16-8-12-7-15-9-19-12)11-4-5-13(17-2)14(6-11)18-3/h4-7,9-10,16H,8H2,1-3H3. The van der Waals surface area contributed by atoms with E-state index >= 15 is 0 Å². The van der Waals surface area contributed by atoms with Crippen LogP contribution < -0.4 is 14.8 Å². The molecule has 1 atom stereocenters. The molecule has 0 radical (unpaired) electrons. The van der Waals surface area contributed by atoms with E-state index in [1.54, 1.807) is 25.6 Å². The number of hydrogen-bond donors (Lipinski definition) is 1. The Morgan fingerprint density at radius 3 is 2.68 bits per heavy atom. The van der Waals surface area contributed by atoms with Crippen molar-refractivity contribution >= 4 is 11.3 Å². The second-order valence-electron chi connectivity index (χ2n) is 4.18. The molecule has 19 heavy (non-hydrogen) atoms. The van der Waals surface area contributed by atoms with Gasteiger partial charge in [-0.2, -0.15) is 0 Å². The molecule has 1 heterocycles. The van der Waals surface area contributed by atoms with Crippen LogP contribution in [0.1, 0.15) is 23.4 Å². The van der Waals surface area contributed by atoms with Crippen molar-refractivity contribution in [3.05, 3.63) is 40.3 Å². The Kier molecular flexibility index (Phi) is 4.76. The third-order valence-corrected chi connectivity index (χ3v) is 3.75. The van der Waals surface area contributed by atoms with Crippen LogP contribution in [-0.4, -0.2) is 19.2 Å². The van der Waals surface area contributed by atoms with Gasteiger partial charge in [-0.25, -0.2) is 0 Å². The number of nitrogens with one attached hydrogen (secondary N) is 1. The van der Waals surface area contributed by atoms with Gasteiger partial charge >= 0.3 is 0 Å². The van der Waals surface area contributed by atoms with Crippen molar-refractivity contribution < 1.29 is 9.47 Å². The molecule has 1 unspecified atom stereocenters. The van der Waals surface area contributed by atoms with E-state index in [1.165, 1.54) is 10.4 Å². The van der Waals surface area contributed by atoms with E-state index in [0.29, 0.717) is 0 Å². The first-order valence-electron chi connectivity index (χ1n) is 6.07. The molecule has 0 saturated carbocycles. The summed E-state index contributed by atoms with van der Waals surface area (Å²) in [7, 11) is 3.29. The van der Waals surface area contributed by atoms with E-state index in [9.17, 15) is 0 Å².